The van der Waals surface area contributed by atoms with Crippen LogP contribution < -0.4 is 10.1 Å². The predicted molar refractivity (Wildman–Crippen MR) is 112 cm³/mol. The molecule has 1 N–H and O–H groups in total. The van der Waals surface area contributed by atoms with Gasteiger partial charge in [-0.05, 0) is 36.4 Å². The van der Waals surface area contributed by atoms with Gasteiger partial charge in [0.15, 0.2) is 0 Å². The van der Waals surface area contributed by atoms with Crippen molar-refractivity contribution in [3.63, 3.8) is 0 Å². The number of carbonyl (C=O) groups is 2. The quantitative estimate of drug-likeness (QED) is 0.424. The number of alkyl halides is 2. The second-order valence-corrected chi connectivity index (χ2v) is 7.55. The maximum absolute atomic E-state index is 12.6. The van der Waals surface area contributed by atoms with Crippen molar-refractivity contribution in [2.24, 2.45) is 0 Å². The van der Waals surface area contributed by atoms with Gasteiger partial charge in [-0.15, -0.1) is 11.3 Å². The Morgan fingerprint density at radius 3 is 2.37 bits per heavy atom. The molecule has 1 amide bonds. The molecule has 0 spiro atoms. The Morgan fingerprint density at radius 2 is 1.77 bits per heavy atom. The molecule has 10 heteroatoms. The summed E-state index contributed by atoms with van der Waals surface area (Å²) in [5, 5.41) is 5.33. The van der Waals surface area contributed by atoms with Gasteiger partial charge in [-0.25, -0.2) is 4.79 Å². The minimum Gasteiger partial charge on any atom is -0.465 e. The Hall–Kier alpha value is -2.68. The van der Waals surface area contributed by atoms with Gasteiger partial charge >= 0.3 is 12.6 Å². The fraction of sp³-hybridized carbons (Fsp3) is 0.100. The second kappa shape index (κ2) is 9.42. The second-order valence-electron chi connectivity index (χ2n) is 5.83. The Bertz CT molecular complexity index is 1090. The van der Waals surface area contributed by atoms with E-state index in [1.165, 1.54) is 31.4 Å². The lowest BCUT2D eigenvalue weighted by Gasteiger charge is -2.09. The number of rotatable bonds is 6. The van der Waals surface area contributed by atoms with E-state index in [1.54, 1.807) is 23.6 Å². The van der Waals surface area contributed by atoms with Crippen LogP contribution in [0.4, 0.5) is 13.8 Å². The molecule has 0 fully saturated rings. The van der Waals surface area contributed by atoms with Crippen LogP contribution in [0.5, 0.6) is 5.75 Å². The third kappa shape index (κ3) is 4.89. The Labute approximate surface area is 184 Å². The molecular weight excluding hydrogens is 459 g/mol. The van der Waals surface area contributed by atoms with Gasteiger partial charge in [0.2, 0.25) is 0 Å². The van der Waals surface area contributed by atoms with E-state index in [0.29, 0.717) is 21.2 Å². The molecule has 0 aliphatic carbocycles. The van der Waals surface area contributed by atoms with E-state index >= 15 is 0 Å². The fourth-order valence-electron chi connectivity index (χ4n) is 2.62. The van der Waals surface area contributed by atoms with Crippen molar-refractivity contribution in [1.29, 1.82) is 0 Å². The topological polar surface area (TPSA) is 64.6 Å². The highest BCUT2D eigenvalue weighted by atomic mass is 35.5. The van der Waals surface area contributed by atoms with Crippen molar-refractivity contribution >= 4 is 51.4 Å². The third-order valence-corrected chi connectivity index (χ3v) is 5.41. The van der Waals surface area contributed by atoms with E-state index in [2.05, 4.69) is 10.1 Å². The molecule has 156 valence electrons. The average molecular weight is 472 g/mol. The Kier molecular flexibility index (Phi) is 6.91. The zero-order chi connectivity index (χ0) is 21.8. The molecule has 0 unspecified atom stereocenters. The standard InChI is InChI=1S/C20H13Cl2F2NO4S/c1-28-19(27)16-14(13-7-4-11(21)8-15(13)22)9-30-18(16)25-17(26)10-2-5-12(6-3-10)29-20(23)24/h2-9,20H,1H3,(H,25,26). The number of methoxy groups -OCH3 is 1. The summed E-state index contributed by atoms with van der Waals surface area (Å²) >= 11 is 13.3. The number of halogens is 4. The van der Waals surface area contributed by atoms with Crippen LogP contribution >= 0.6 is 34.5 Å². The van der Waals surface area contributed by atoms with Gasteiger partial charge in [-0.3, -0.25) is 4.79 Å². The zero-order valence-electron chi connectivity index (χ0n) is 15.2. The molecule has 30 heavy (non-hydrogen) atoms. The number of anilines is 1. The number of ether oxygens (including phenoxy) is 2. The van der Waals surface area contributed by atoms with Crippen LogP contribution in [0.25, 0.3) is 11.1 Å². The van der Waals surface area contributed by atoms with E-state index in [0.717, 1.165) is 11.3 Å². The summed E-state index contributed by atoms with van der Waals surface area (Å²) in [7, 11) is 1.22. The molecule has 0 bridgehead atoms. The van der Waals surface area contributed by atoms with Crippen LogP contribution in [0.3, 0.4) is 0 Å². The van der Waals surface area contributed by atoms with Crippen molar-refractivity contribution in [2.75, 3.05) is 12.4 Å². The first-order valence-corrected chi connectivity index (χ1v) is 9.95. The van der Waals surface area contributed by atoms with Gasteiger partial charge in [0.05, 0.1) is 7.11 Å². The lowest BCUT2D eigenvalue weighted by molar-refractivity contribution is -0.0498. The first kappa shape index (κ1) is 22.0. The van der Waals surface area contributed by atoms with Crippen LogP contribution in [0, 0.1) is 0 Å². The summed E-state index contributed by atoms with van der Waals surface area (Å²) in [6, 6.07) is 9.98. The molecule has 0 saturated carbocycles. The van der Waals surface area contributed by atoms with Crippen molar-refractivity contribution < 1.29 is 27.8 Å². The molecule has 3 rings (SSSR count). The van der Waals surface area contributed by atoms with E-state index < -0.39 is 18.5 Å². The predicted octanol–water partition coefficient (Wildman–Crippen LogP) is 6.36. The average Bonchev–Trinajstić information content (AvgIpc) is 3.10. The fourth-order valence-corrected chi connectivity index (χ4v) is 4.08. The van der Waals surface area contributed by atoms with Crippen LogP contribution in [-0.4, -0.2) is 25.6 Å². The minimum absolute atomic E-state index is 0.0763. The van der Waals surface area contributed by atoms with Crippen molar-refractivity contribution in [2.45, 2.75) is 6.61 Å². The molecular formula is C20H13Cl2F2NO4S. The van der Waals surface area contributed by atoms with Gasteiger partial charge in [-0.1, -0.05) is 29.3 Å². The minimum atomic E-state index is -2.96. The van der Waals surface area contributed by atoms with Gasteiger partial charge in [0.1, 0.15) is 16.3 Å². The number of benzene rings is 2. The van der Waals surface area contributed by atoms with E-state index in [1.807, 2.05) is 0 Å². The van der Waals surface area contributed by atoms with Gasteiger partial charge in [0, 0.05) is 32.1 Å². The Morgan fingerprint density at radius 1 is 1.07 bits per heavy atom. The monoisotopic (exact) mass is 471 g/mol. The molecule has 3 aromatic rings. The van der Waals surface area contributed by atoms with Gasteiger partial charge in [-0.2, -0.15) is 8.78 Å². The van der Waals surface area contributed by atoms with Crippen LogP contribution in [0.1, 0.15) is 20.7 Å². The summed E-state index contributed by atoms with van der Waals surface area (Å²) in [4.78, 5) is 25.0. The third-order valence-electron chi connectivity index (χ3n) is 3.97. The lowest BCUT2D eigenvalue weighted by Crippen LogP contribution is -2.14. The smallest absolute Gasteiger partial charge is 0.387 e. The number of nitrogens with one attached hydrogen (secondary N) is 1. The van der Waals surface area contributed by atoms with Crippen molar-refractivity contribution in [3.8, 4) is 16.9 Å². The Balaban J connectivity index is 1.91. The lowest BCUT2D eigenvalue weighted by atomic mass is 10.0. The molecule has 2 aromatic carbocycles. The highest BCUT2D eigenvalue weighted by Gasteiger charge is 2.24. The molecule has 0 radical (unpaired) electrons. The number of thiophene rings is 1. The number of hydrogen-bond donors (Lipinski definition) is 1. The highest BCUT2D eigenvalue weighted by molar-refractivity contribution is 7.15. The summed E-state index contributed by atoms with van der Waals surface area (Å²) < 4.78 is 33.6. The summed E-state index contributed by atoms with van der Waals surface area (Å²) in [5.41, 5.74) is 1.35. The number of hydrogen-bond acceptors (Lipinski definition) is 5. The van der Waals surface area contributed by atoms with E-state index in [9.17, 15) is 18.4 Å². The summed E-state index contributed by atoms with van der Waals surface area (Å²) in [5.74, 6) is -1.28. The first-order chi connectivity index (χ1) is 14.3. The zero-order valence-corrected chi connectivity index (χ0v) is 17.6. The molecule has 0 aliphatic heterocycles. The molecule has 5 nitrogen and oxygen atoms in total. The van der Waals surface area contributed by atoms with Crippen LogP contribution in [0.2, 0.25) is 10.0 Å². The van der Waals surface area contributed by atoms with E-state index in [4.69, 9.17) is 27.9 Å². The SMILES string of the molecule is COC(=O)c1c(-c2ccc(Cl)cc2Cl)csc1NC(=O)c1ccc(OC(F)F)cc1. The molecule has 0 atom stereocenters. The number of carbonyl (C=O) groups excluding carboxylic acids is 2. The van der Waals surface area contributed by atoms with E-state index in [-0.39, 0.29) is 21.9 Å². The summed E-state index contributed by atoms with van der Waals surface area (Å²) in [6.45, 7) is -2.96. The van der Waals surface area contributed by atoms with Gasteiger partial charge < -0.3 is 14.8 Å². The van der Waals surface area contributed by atoms with Crippen molar-refractivity contribution in [1.82, 2.24) is 0 Å². The largest absolute Gasteiger partial charge is 0.465 e. The number of esters is 1. The summed E-state index contributed by atoms with van der Waals surface area (Å²) in [6.07, 6.45) is 0. The van der Waals surface area contributed by atoms with Gasteiger partial charge in [0.25, 0.3) is 5.91 Å². The molecule has 0 saturated heterocycles. The van der Waals surface area contributed by atoms with Crippen molar-refractivity contribution in [3.05, 3.63) is 69.0 Å². The number of amides is 1. The normalized spacial score (nSPS) is 10.7. The molecule has 1 aromatic heterocycles. The highest BCUT2D eigenvalue weighted by Crippen LogP contribution is 2.40. The molecule has 0 aliphatic rings. The first-order valence-electron chi connectivity index (χ1n) is 8.31. The van der Waals surface area contributed by atoms with Crippen LogP contribution in [-0.2, 0) is 4.74 Å². The maximum Gasteiger partial charge on any atom is 0.387 e. The van der Waals surface area contributed by atoms with Crippen LogP contribution in [0.15, 0.2) is 47.8 Å². The maximum atomic E-state index is 12.6. The molecule has 1 heterocycles.